The van der Waals surface area contributed by atoms with E-state index in [1.165, 1.54) is 25.7 Å². The predicted octanol–water partition coefficient (Wildman–Crippen LogP) is 6.71. The molecule has 1 N–H and O–H groups in total. The lowest BCUT2D eigenvalue weighted by Gasteiger charge is -2.36. The van der Waals surface area contributed by atoms with E-state index in [9.17, 15) is 4.79 Å². The summed E-state index contributed by atoms with van der Waals surface area (Å²) in [6.07, 6.45) is 8.19. The van der Waals surface area contributed by atoms with E-state index in [1.807, 2.05) is 0 Å². The third-order valence-electron chi connectivity index (χ3n) is 5.29. The lowest BCUT2D eigenvalue weighted by atomic mass is 9.98. The summed E-state index contributed by atoms with van der Waals surface area (Å²) >= 11 is 0. The molecule has 0 aliphatic rings. The van der Waals surface area contributed by atoms with Crippen LogP contribution in [0.4, 0.5) is 0 Å². The number of carboxylic acid groups (broad SMARTS) is 1. The van der Waals surface area contributed by atoms with Crippen LogP contribution in [0.3, 0.4) is 0 Å². The number of rotatable bonds is 12. The Labute approximate surface area is 170 Å². The number of hydrogen-bond donors (Lipinski definition) is 1. The molecule has 0 radical (unpaired) electrons. The maximum absolute atomic E-state index is 11.0. The fraction of sp³-hybridized carbons (Fsp3) is 0.864. The van der Waals surface area contributed by atoms with Crippen molar-refractivity contribution < 1.29 is 14.3 Å². The minimum Gasteiger partial charge on any atom is -0.481 e. The largest absolute Gasteiger partial charge is 0.481 e. The highest BCUT2D eigenvalue weighted by Gasteiger charge is 2.36. The molecule has 0 bridgehead atoms. The maximum atomic E-state index is 11.0. The second-order valence-electron chi connectivity index (χ2n) is 10.3. The number of carbonyl (C=O) groups is 1. The van der Waals surface area contributed by atoms with E-state index in [4.69, 9.17) is 9.53 Å². The predicted molar refractivity (Wildman–Crippen MR) is 122 cm³/mol. The second kappa shape index (κ2) is 12.1. The average molecular weight is 413 g/mol. The van der Waals surface area contributed by atoms with Crippen LogP contribution in [-0.4, -0.2) is 34.1 Å². The first-order valence-electron chi connectivity index (χ1n) is 10.6. The molecule has 0 aromatic rings. The van der Waals surface area contributed by atoms with Gasteiger partial charge in [-0.2, -0.15) is 0 Å². The minimum atomic E-state index is -1.59. The third kappa shape index (κ3) is 14.1. The molecule has 1 unspecified atom stereocenters. The van der Waals surface area contributed by atoms with Gasteiger partial charge < -0.3 is 9.53 Å². The van der Waals surface area contributed by atoms with Crippen molar-refractivity contribution in [3.63, 3.8) is 0 Å². The summed E-state index contributed by atoms with van der Waals surface area (Å²) in [5.41, 5.74) is 3.34. The van der Waals surface area contributed by atoms with Crippen molar-refractivity contribution in [1.82, 2.24) is 0 Å². The molecule has 0 saturated heterocycles. The molecule has 0 amide bonds. The molecule has 5 heteroatoms. The van der Waals surface area contributed by atoms with Crippen LogP contribution in [0.1, 0.15) is 72.1 Å². The van der Waals surface area contributed by atoms with Crippen LogP contribution in [0.2, 0.25) is 37.8 Å². The van der Waals surface area contributed by atoms with Crippen LogP contribution in [0, 0.1) is 17.4 Å². The molecule has 1 atom stereocenters. The zero-order valence-electron chi connectivity index (χ0n) is 19.2. The van der Waals surface area contributed by atoms with Crippen LogP contribution >= 0.6 is 0 Å². The van der Waals surface area contributed by atoms with Crippen LogP contribution < -0.4 is 0 Å². The Kier molecular flexibility index (Phi) is 11.8. The SMILES string of the molecule is CC(C)(C)[Si](C)(C)OCCCCCCCCC(C#C[Si](C)(C)C)CC(=O)O. The first-order valence-corrected chi connectivity index (χ1v) is 17.0. The molecule has 0 saturated carbocycles. The van der Waals surface area contributed by atoms with E-state index in [0.717, 1.165) is 25.9 Å². The summed E-state index contributed by atoms with van der Waals surface area (Å²) in [5, 5.41) is 9.37. The van der Waals surface area contributed by atoms with Gasteiger partial charge in [-0.05, 0) is 31.0 Å². The van der Waals surface area contributed by atoms with Gasteiger partial charge in [0.15, 0.2) is 8.32 Å². The standard InChI is InChI=1S/C22H44O3Si2/c1-22(2,3)27(7,8)25-17-14-12-10-9-11-13-15-20(19-21(23)24)16-18-26(4,5)6/h20H,9-15,17,19H2,1-8H3,(H,23,24). The van der Waals surface area contributed by atoms with Gasteiger partial charge in [0.25, 0.3) is 0 Å². The fourth-order valence-electron chi connectivity index (χ4n) is 2.50. The van der Waals surface area contributed by atoms with Crippen molar-refractivity contribution in [2.75, 3.05) is 6.61 Å². The molecule has 0 spiro atoms. The van der Waals surface area contributed by atoms with Crippen LogP contribution in [0.25, 0.3) is 0 Å². The fourth-order valence-corrected chi connectivity index (χ4v) is 4.22. The van der Waals surface area contributed by atoms with Crippen molar-refractivity contribution >= 4 is 22.4 Å². The Balaban J connectivity index is 3.93. The molecule has 0 fully saturated rings. The van der Waals surface area contributed by atoms with Crippen molar-refractivity contribution in [3.8, 4) is 11.5 Å². The van der Waals surface area contributed by atoms with Crippen LogP contribution in [0.15, 0.2) is 0 Å². The second-order valence-corrected chi connectivity index (χ2v) is 19.9. The van der Waals surface area contributed by atoms with E-state index >= 15 is 0 Å². The summed E-state index contributed by atoms with van der Waals surface area (Å²) in [6, 6.07) is 0. The molecule has 0 heterocycles. The average Bonchev–Trinajstić information content (AvgIpc) is 2.48. The molecular weight excluding hydrogens is 368 g/mol. The van der Waals surface area contributed by atoms with Crippen molar-refractivity contribution in [3.05, 3.63) is 0 Å². The quantitative estimate of drug-likeness (QED) is 0.220. The van der Waals surface area contributed by atoms with Gasteiger partial charge in [-0.25, -0.2) is 0 Å². The highest BCUT2D eigenvalue weighted by Crippen LogP contribution is 2.36. The lowest BCUT2D eigenvalue weighted by Crippen LogP contribution is -2.40. The van der Waals surface area contributed by atoms with Crippen molar-refractivity contribution in [1.29, 1.82) is 0 Å². The topological polar surface area (TPSA) is 46.5 Å². The van der Waals surface area contributed by atoms with Crippen molar-refractivity contribution in [2.24, 2.45) is 5.92 Å². The third-order valence-corrected chi connectivity index (χ3v) is 10.7. The number of aliphatic carboxylic acids is 1. The molecule has 0 aliphatic heterocycles. The number of hydrogen-bond acceptors (Lipinski definition) is 2. The van der Waals surface area contributed by atoms with Gasteiger partial charge in [-0.3, -0.25) is 4.79 Å². The van der Waals surface area contributed by atoms with Gasteiger partial charge in [-0.15, -0.1) is 11.5 Å². The van der Waals surface area contributed by atoms with Gasteiger partial charge in [0.1, 0.15) is 8.07 Å². The van der Waals surface area contributed by atoms with E-state index < -0.39 is 22.4 Å². The maximum Gasteiger partial charge on any atom is 0.304 e. The zero-order chi connectivity index (χ0) is 21.1. The summed E-state index contributed by atoms with van der Waals surface area (Å²) in [5.74, 6) is 2.54. The summed E-state index contributed by atoms with van der Waals surface area (Å²) in [4.78, 5) is 11.0. The first-order chi connectivity index (χ1) is 12.2. The van der Waals surface area contributed by atoms with E-state index in [-0.39, 0.29) is 17.4 Å². The Morgan fingerprint density at radius 3 is 1.96 bits per heavy atom. The monoisotopic (exact) mass is 412 g/mol. The Bertz CT molecular complexity index is 490. The van der Waals surface area contributed by atoms with Gasteiger partial charge in [0.05, 0.1) is 6.42 Å². The molecule has 158 valence electrons. The van der Waals surface area contributed by atoms with Gasteiger partial charge in [0, 0.05) is 12.5 Å². The van der Waals surface area contributed by atoms with Gasteiger partial charge in [-0.1, -0.05) is 72.5 Å². The van der Waals surface area contributed by atoms with E-state index in [0.29, 0.717) is 0 Å². The summed E-state index contributed by atoms with van der Waals surface area (Å²) in [6.45, 7) is 19.0. The summed E-state index contributed by atoms with van der Waals surface area (Å²) in [7, 11) is -3.02. The van der Waals surface area contributed by atoms with E-state index in [2.05, 4.69) is 65.0 Å². The van der Waals surface area contributed by atoms with E-state index in [1.54, 1.807) is 0 Å². The normalized spacial score (nSPS) is 13.8. The van der Waals surface area contributed by atoms with Crippen LogP contribution in [-0.2, 0) is 9.22 Å². The molecule has 3 nitrogen and oxygen atoms in total. The smallest absolute Gasteiger partial charge is 0.304 e. The van der Waals surface area contributed by atoms with Crippen LogP contribution in [0.5, 0.6) is 0 Å². The lowest BCUT2D eigenvalue weighted by molar-refractivity contribution is -0.137. The molecule has 0 rings (SSSR count). The molecule has 0 aromatic heterocycles. The first kappa shape index (κ1) is 26.4. The van der Waals surface area contributed by atoms with Crippen molar-refractivity contribution in [2.45, 2.75) is 110 Å². The highest BCUT2D eigenvalue weighted by molar-refractivity contribution is 6.83. The molecular formula is C22H44O3Si2. The Hall–Kier alpha value is -0.576. The minimum absolute atomic E-state index is 0.0206. The van der Waals surface area contributed by atoms with Gasteiger partial charge in [0.2, 0.25) is 0 Å². The molecule has 27 heavy (non-hydrogen) atoms. The molecule has 0 aromatic carbocycles. The number of unbranched alkanes of at least 4 members (excludes halogenated alkanes) is 5. The Morgan fingerprint density at radius 1 is 0.963 bits per heavy atom. The zero-order valence-corrected chi connectivity index (χ0v) is 21.2. The molecule has 0 aliphatic carbocycles. The number of carboxylic acids is 1. The van der Waals surface area contributed by atoms with Gasteiger partial charge >= 0.3 is 5.97 Å². The highest BCUT2D eigenvalue weighted by atomic mass is 28.4. The Morgan fingerprint density at radius 2 is 1.48 bits per heavy atom. The summed E-state index contributed by atoms with van der Waals surface area (Å²) < 4.78 is 6.22.